The highest BCUT2D eigenvalue weighted by Crippen LogP contribution is 2.33. The van der Waals surface area contributed by atoms with E-state index in [4.69, 9.17) is 18.9 Å². The number of nitrogens with one attached hydrogen (secondary N) is 2. The fourth-order valence-corrected chi connectivity index (χ4v) is 14.2. The van der Waals surface area contributed by atoms with E-state index in [9.17, 15) is 29.6 Å². The molecule has 0 aliphatic carbocycles. The molecule has 2 N–H and O–H groups in total. The minimum atomic E-state index is -4.19. The van der Waals surface area contributed by atoms with E-state index in [-0.39, 0.29) is 40.9 Å². The maximum Gasteiger partial charge on any atom is 0.243 e. The third-order valence-corrected chi connectivity index (χ3v) is 21.3. The Labute approximate surface area is 554 Å². The summed E-state index contributed by atoms with van der Waals surface area (Å²) in [5.74, 6) is 1.19. The summed E-state index contributed by atoms with van der Waals surface area (Å²) in [6.07, 6.45) is 54.0. The molecule has 0 heterocycles. The van der Waals surface area contributed by atoms with Gasteiger partial charge in [-0.3, -0.25) is 0 Å². The van der Waals surface area contributed by atoms with E-state index >= 15 is 0 Å². The summed E-state index contributed by atoms with van der Waals surface area (Å²) in [5, 5.41) is 0. The van der Waals surface area contributed by atoms with Crippen LogP contribution in [0, 0.1) is 5.82 Å². The van der Waals surface area contributed by atoms with E-state index in [0.29, 0.717) is 49.4 Å². The zero-order valence-electron chi connectivity index (χ0n) is 57.2. The monoisotopic (exact) mass is 1330 g/mol. The molecule has 91 heavy (non-hydrogen) atoms. The SMILES string of the molecule is CCCCCCCCCCCCOc1ccc(S(=O)(=O)NC/C=C/CN(C/C=C/CNS(=O)(=O)c2ccc(OCCCCCCCCCCCC)c(OCCCCCCCCCCCC)c2)S(=O)(=O)c2ccc(F)cc2)cc1OCCCCCCCCCCCC. The Bertz CT molecular complexity index is 2540. The van der Waals surface area contributed by atoms with Crippen LogP contribution in [-0.2, 0) is 30.1 Å². The van der Waals surface area contributed by atoms with Gasteiger partial charge in [-0.1, -0.05) is 283 Å². The van der Waals surface area contributed by atoms with Crippen molar-refractivity contribution in [3.63, 3.8) is 0 Å². The standard InChI is InChI=1S/C74H124FN3O10S3/c1-5-9-13-17-21-25-29-33-37-45-61-85-71-55-53-69(65-73(71)87-63-47-39-35-31-27-23-19-15-11-7-3)89(79,80)76-57-41-43-59-78(91(83,84)68-51-49-67(75)50-52-68)60-44-42-58-77-90(81,82)70-54-56-72(86-62-46-38-34-30-26-22-18-14-10-6-2)74(66-70)88-64-48-40-36-32-28-24-20-16-12-8-4/h41-44,49-56,65-66,76-77H,5-40,45-48,57-64H2,1-4H3/b43-41+,44-42+. The van der Waals surface area contributed by atoms with Crippen LogP contribution in [0.1, 0.15) is 285 Å². The number of rotatable bonds is 62. The van der Waals surface area contributed by atoms with Crippen LogP contribution >= 0.6 is 0 Å². The maximum atomic E-state index is 14.0. The molecule has 0 atom stereocenters. The zero-order valence-corrected chi connectivity index (χ0v) is 59.6. The number of halogens is 1. The molecule has 13 nitrogen and oxygen atoms in total. The lowest BCUT2D eigenvalue weighted by Gasteiger charge is -2.19. The van der Waals surface area contributed by atoms with Crippen molar-refractivity contribution in [3.8, 4) is 23.0 Å². The average Bonchev–Trinajstić information content (AvgIpc) is 1.11. The number of sulfonamides is 3. The van der Waals surface area contributed by atoms with E-state index in [0.717, 1.165) is 93.5 Å². The quantitative estimate of drug-likeness (QED) is 0.0410. The lowest BCUT2D eigenvalue weighted by molar-refractivity contribution is 0.257. The van der Waals surface area contributed by atoms with Gasteiger partial charge in [-0.25, -0.2) is 39.1 Å². The van der Waals surface area contributed by atoms with E-state index in [2.05, 4.69) is 37.1 Å². The molecule has 0 aliphatic rings. The van der Waals surface area contributed by atoms with Crippen molar-refractivity contribution >= 4 is 30.1 Å². The average molecular weight is 1330 g/mol. The van der Waals surface area contributed by atoms with E-state index in [1.165, 1.54) is 240 Å². The van der Waals surface area contributed by atoms with Gasteiger partial charge in [-0.15, -0.1) is 0 Å². The van der Waals surface area contributed by atoms with Gasteiger partial charge in [-0.05, 0) is 74.2 Å². The number of ether oxygens (including phenoxy) is 4. The molecule has 0 radical (unpaired) electrons. The molecule has 0 amide bonds. The zero-order chi connectivity index (χ0) is 65.8. The van der Waals surface area contributed by atoms with Gasteiger partial charge < -0.3 is 18.9 Å². The van der Waals surface area contributed by atoms with Gasteiger partial charge >= 0.3 is 0 Å². The summed E-state index contributed by atoms with van der Waals surface area (Å²) in [4.78, 5) is -0.109. The first-order chi connectivity index (χ1) is 44.3. The Morgan fingerprint density at radius 2 is 0.582 bits per heavy atom. The van der Waals surface area contributed by atoms with Crippen LogP contribution in [0.25, 0.3) is 0 Å². The summed E-state index contributed by atoms with van der Waals surface area (Å²) >= 11 is 0. The summed E-state index contributed by atoms with van der Waals surface area (Å²) in [7, 11) is -12.3. The first-order valence-electron chi connectivity index (χ1n) is 36.1. The second-order valence-electron chi connectivity index (χ2n) is 24.8. The smallest absolute Gasteiger partial charge is 0.243 e. The molecule has 3 aromatic carbocycles. The molecule has 0 aliphatic heterocycles. The van der Waals surface area contributed by atoms with Crippen molar-refractivity contribution in [2.75, 3.05) is 52.6 Å². The van der Waals surface area contributed by atoms with Gasteiger partial charge in [0.05, 0.1) is 41.1 Å². The number of benzene rings is 3. The molecule has 0 fully saturated rings. The first-order valence-corrected chi connectivity index (χ1v) is 40.5. The van der Waals surface area contributed by atoms with Crippen LogP contribution in [0.5, 0.6) is 23.0 Å². The second-order valence-corrected chi connectivity index (χ2v) is 30.2. The van der Waals surface area contributed by atoms with Gasteiger partial charge in [0.1, 0.15) is 5.82 Å². The van der Waals surface area contributed by atoms with E-state index in [1.807, 2.05) is 0 Å². The van der Waals surface area contributed by atoms with E-state index in [1.54, 1.807) is 12.1 Å². The predicted molar refractivity (Wildman–Crippen MR) is 376 cm³/mol. The normalized spacial score (nSPS) is 12.3. The first kappa shape index (κ1) is 81.2. The third kappa shape index (κ3) is 38.2. The fraction of sp³-hybridized carbons (Fsp3) is 0.703. The van der Waals surface area contributed by atoms with Gasteiger partial charge in [-0.2, -0.15) is 4.31 Å². The lowest BCUT2D eigenvalue weighted by atomic mass is 10.1. The highest BCUT2D eigenvalue weighted by atomic mass is 32.2. The molecule has 17 heteroatoms. The largest absolute Gasteiger partial charge is 0.490 e. The molecule has 3 aromatic rings. The van der Waals surface area contributed by atoms with Crippen LogP contribution in [0.15, 0.2) is 99.7 Å². The molecular weight excluding hydrogens is 1210 g/mol. The number of hydrogen-bond donors (Lipinski definition) is 2. The van der Waals surface area contributed by atoms with Crippen LogP contribution in [0.3, 0.4) is 0 Å². The predicted octanol–water partition coefficient (Wildman–Crippen LogP) is 20.1. The van der Waals surface area contributed by atoms with Crippen molar-refractivity contribution in [2.45, 2.75) is 299 Å². The summed E-state index contributed by atoms with van der Waals surface area (Å²) in [6, 6.07) is 13.9. The van der Waals surface area contributed by atoms with Gasteiger partial charge in [0.15, 0.2) is 23.0 Å². The van der Waals surface area contributed by atoms with Crippen LogP contribution in [-0.4, -0.2) is 82.2 Å². The van der Waals surface area contributed by atoms with Gasteiger partial charge in [0, 0.05) is 38.3 Å². The van der Waals surface area contributed by atoms with Crippen LogP contribution in [0.2, 0.25) is 0 Å². The Kier molecular flexibility index (Phi) is 46.7. The molecule has 0 saturated carbocycles. The fourth-order valence-electron chi connectivity index (χ4n) is 10.9. The number of nitrogens with zero attached hydrogens (tertiary/aromatic N) is 1. The van der Waals surface area contributed by atoms with Crippen molar-refractivity contribution in [1.29, 1.82) is 0 Å². The van der Waals surface area contributed by atoms with Crippen molar-refractivity contribution in [2.24, 2.45) is 0 Å². The minimum Gasteiger partial charge on any atom is -0.490 e. The Morgan fingerprint density at radius 3 is 0.868 bits per heavy atom. The van der Waals surface area contributed by atoms with Crippen molar-refractivity contribution in [3.05, 3.63) is 90.8 Å². The second kappa shape index (κ2) is 52.3. The molecule has 520 valence electrons. The molecule has 0 bridgehead atoms. The molecule has 0 unspecified atom stereocenters. The Hall–Kier alpha value is -4.00. The Morgan fingerprint density at radius 1 is 0.330 bits per heavy atom. The van der Waals surface area contributed by atoms with Gasteiger partial charge in [0.25, 0.3) is 0 Å². The lowest BCUT2D eigenvalue weighted by Crippen LogP contribution is -2.32. The molecule has 0 aromatic heterocycles. The summed E-state index contributed by atoms with van der Waals surface area (Å²) in [6.45, 7) is 10.2. The highest BCUT2D eigenvalue weighted by Gasteiger charge is 2.24. The van der Waals surface area contributed by atoms with Crippen LogP contribution in [0.4, 0.5) is 4.39 Å². The summed E-state index contributed by atoms with van der Waals surface area (Å²) < 4.78 is 128. The number of hydrogen-bond acceptors (Lipinski definition) is 10. The van der Waals surface area contributed by atoms with Crippen molar-refractivity contribution in [1.82, 2.24) is 13.7 Å². The van der Waals surface area contributed by atoms with Crippen molar-refractivity contribution < 1.29 is 48.6 Å². The molecule has 0 saturated heterocycles. The van der Waals surface area contributed by atoms with E-state index < -0.39 is 35.9 Å². The Balaban J connectivity index is 1.65. The molecule has 3 rings (SSSR count). The highest BCUT2D eigenvalue weighted by molar-refractivity contribution is 7.90. The maximum absolute atomic E-state index is 14.0. The molecule has 0 spiro atoms. The number of unbranched alkanes of at least 4 members (excludes halogenated alkanes) is 36. The minimum absolute atomic E-state index is 0.0146. The molecular formula is C74H124FN3O10S3. The third-order valence-electron chi connectivity index (χ3n) is 16.7. The van der Waals surface area contributed by atoms with Crippen LogP contribution < -0.4 is 28.4 Å². The topological polar surface area (TPSA) is 167 Å². The van der Waals surface area contributed by atoms with Gasteiger partial charge in [0.2, 0.25) is 30.1 Å². The summed E-state index contributed by atoms with van der Waals surface area (Å²) in [5.41, 5.74) is 0.